The molecule has 0 bridgehead atoms. The van der Waals surface area contributed by atoms with E-state index in [0.717, 1.165) is 39.2 Å². The zero-order valence-electron chi connectivity index (χ0n) is 27.7. The first-order valence-corrected chi connectivity index (χ1v) is 20.0. The molecule has 0 radical (unpaired) electrons. The Bertz CT molecular complexity index is 2340. The highest BCUT2D eigenvalue weighted by Crippen LogP contribution is 2.32. The van der Waals surface area contributed by atoms with Gasteiger partial charge < -0.3 is 18.6 Å². The number of rotatable bonds is 12. The lowest BCUT2D eigenvalue weighted by molar-refractivity contribution is -0.539. The maximum absolute atomic E-state index is 11.6. The fraction of sp³-hybridized carbons (Fsp3) is 0.162. The maximum atomic E-state index is 11.6. The molecule has 0 unspecified atom stereocenters. The molecule has 4 aromatic carbocycles. The van der Waals surface area contributed by atoms with Gasteiger partial charge in [0.25, 0.3) is 0 Å². The number of allylic oxidation sites excluding steroid dienone is 5. The number of hydrogen-bond acceptors (Lipinski definition) is 10. The van der Waals surface area contributed by atoms with E-state index in [-0.39, 0.29) is 14.7 Å². The molecule has 0 saturated carbocycles. The van der Waals surface area contributed by atoms with Crippen LogP contribution in [0.15, 0.2) is 142 Å². The van der Waals surface area contributed by atoms with Gasteiger partial charge in [0, 0.05) is 36.5 Å². The molecule has 14 heteroatoms. The average Bonchev–Trinajstić information content (AvgIpc) is 3.10. The van der Waals surface area contributed by atoms with Gasteiger partial charge >= 0.3 is 0 Å². The maximum Gasteiger partial charge on any atom is 0.200 e. The zero-order valence-corrected chi connectivity index (χ0v) is 30.1. The van der Waals surface area contributed by atoms with E-state index in [2.05, 4.69) is 9.48 Å². The van der Waals surface area contributed by atoms with Gasteiger partial charge in [-0.05, 0) is 102 Å². The first-order chi connectivity index (χ1) is 24.1. The minimum Gasteiger partial charge on any atom is -0.744 e. The van der Waals surface area contributed by atoms with Crippen molar-refractivity contribution in [2.75, 3.05) is 18.0 Å². The highest BCUT2D eigenvalue weighted by molar-refractivity contribution is 7.86. The lowest BCUT2D eigenvalue weighted by Gasteiger charge is -2.24. The molecule has 4 aromatic rings. The number of anilines is 1. The number of benzene rings is 4. The van der Waals surface area contributed by atoms with E-state index in [1.165, 1.54) is 36.4 Å². The number of nitrogens with zero attached hydrogens (tertiary/aromatic N) is 2. The van der Waals surface area contributed by atoms with E-state index >= 15 is 0 Å². The van der Waals surface area contributed by atoms with E-state index in [0.29, 0.717) is 31.7 Å². The lowest BCUT2D eigenvalue weighted by atomic mass is 9.90. The third-order valence-corrected chi connectivity index (χ3v) is 11.0. The van der Waals surface area contributed by atoms with Crippen molar-refractivity contribution >= 4 is 47.3 Å². The van der Waals surface area contributed by atoms with Crippen LogP contribution in [-0.2, 0) is 43.4 Å². The van der Waals surface area contributed by atoms with Gasteiger partial charge in [0.2, 0.25) is 0 Å². The van der Waals surface area contributed by atoms with Gasteiger partial charge in [0.15, 0.2) is 12.3 Å². The molecule has 0 atom stereocenters. The standard InChI is InChI=1S/C37H36N2O9S3/c1-3-38(25-27-5-19-34(20-6-27)49(40,41)42)32-15-9-29(10-16-32)37(31-13-23-36(24-14-31)51(46,47)48)30-11-17-33(18-12-30)39(4-2)26-28-7-21-35(22-8-28)50(43,44)45/h5-24H,3-4,25-26H2,1-2H3,(H2-,40,41,42,43,44,45,46,47,48)/p-2. The van der Waals surface area contributed by atoms with Gasteiger partial charge in [0.05, 0.1) is 14.7 Å². The van der Waals surface area contributed by atoms with Gasteiger partial charge in [-0.15, -0.1) is 0 Å². The molecule has 1 aliphatic rings. The third kappa shape index (κ3) is 9.35. The van der Waals surface area contributed by atoms with E-state index in [1.807, 2.05) is 62.4 Å². The predicted molar refractivity (Wildman–Crippen MR) is 190 cm³/mol. The molecule has 0 fully saturated rings. The van der Waals surface area contributed by atoms with Gasteiger partial charge in [-0.3, -0.25) is 0 Å². The molecule has 266 valence electrons. The summed E-state index contributed by atoms with van der Waals surface area (Å²) in [4.78, 5) is 1.17. The highest BCUT2D eigenvalue weighted by Gasteiger charge is 2.17. The normalized spacial score (nSPS) is 13.4. The molecular formula is C37H34N2O9S3-2. The SMILES string of the molecule is CCN(Cc1ccc(S(=O)(=O)[O-])cc1)c1ccc(C(=C2C=CC(=[N+](CC)Cc3ccc(S(=O)(=O)[O-])cc3)C=C2)c2ccc(S(=O)(=O)[O-])cc2)cc1. The van der Waals surface area contributed by atoms with Crippen molar-refractivity contribution < 1.29 is 43.5 Å². The lowest BCUT2D eigenvalue weighted by Crippen LogP contribution is -2.22. The van der Waals surface area contributed by atoms with E-state index in [1.54, 1.807) is 36.4 Å². The van der Waals surface area contributed by atoms with E-state index in [4.69, 9.17) is 0 Å². The fourth-order valence-electron chi connectivity index (χ4n) is 5.70. The average molecular weight is 747 g/mol. The Morgan fingerprint density at radius 1 is 0.569 bits per heavy atom. The molecule has 0 aromatic heterocycles. The molecule has 0 aliphatic heterocycles. The Kier molecular flexibility index (Phi) is 11.2. The summed E-state index contributed by atoms with van der Waals surface area (Å²) in [7, 11) is -13.7. The van der Waals surface area contributed by atoms with Crippen molar-refractivity contribution in [1.29, 1.82) is 0 Å². The van der Waals surface area contributed by atoms with Crippen LogP contribution in [0.1, 0.15) is 36.1 Å². The van der Waals surface area contributed by atoms with Crippen LogP contribution in [0.3, 0.4) is 0 Å². The van der Waals surface area contributed by atoms with Crippen molar-refractivity contribution in [3.8, 4) is 0 Å². The zero-order chi connectivity index (χ0) is 37.0. The third-order valence-electron chi connectivity index (χ3n) is 8.41. The Hall–Kier alpha value is -4.70. The molecule has 5 rings (SSSR count). The van der Waals surface area contributed by atoms with Crippen LogP contribution in [-0.4, -0.2) is 62.3 Å². The molecule has 1 aliphatic carbocycles. The van der Waals surface area contributed by atoms with Crippen molar-refractivity contribution in [3.63, 3.8) is 0 Å². The Balaban J connectivity index is 1.47. The van der Waals surface area contributed by atoms with Crippen LogP contribution < -0.4 is 4.90 Å². The fourth-order valence-corrected chi connectivity index (χ4v) is 7.11. The molecule has 11 nitrogen and oxygen atoms in total. The van der Waals surface area contributed by atoms with Gasteiger partial charge in [-0.2, -0.15) is 0 Å². The quantitative estimate of drug-likeness (QED) is 0.141. The first kappa shape index (κ1) is 37.6. The summed E-state index contributed by atoms with van der Waals surface area (Å²) in [6.45, 7) is 6.18. The second-order valence-corrected chi connectivity index (χ2v) is 15.8. The Labute approximate surface area is 298 Å². The topological polar surface area (TPSA) is 178 Å². The minimum absolute atomic E-state index is 0.288. The van der Waals surface area contributed by atoms with Crippen molar-refractivity contribution in [3.05, 3.63) is 149 Å². The van der Waals surface area contributed by atoms with Gasteiger partial charge in [-0.25, -0.2) is 29.8 Å². The van der Waals surface area contributed by atoms with E-state index < -0.39 is 30.4 Å². The van der Waals surface area contributed by atoms with Crippen LogP contribution in [0.5, 0.6) is 0 Å². The van der Waals surface area contributed by atoms with Crippen LogP contribution >= 0.6 is 0 Å². The Morgan fingerprint density at radius 2 is 0.980 bits per heavy atom. The summed E-state index contributed by atoms with van der Waals surface area (Å²) < 4.78 is 105. The van der Waals surface area contributed by atoms with Crippen molar-refractivity contribution in [2.24, 2.45) is 0 Å². The summed E-state index contributed by atoms with van der Waals surface area (Å²) in [5, 5.41) is 0. The van der Waals surface area contributed by atoms with Gasteiger partial charge in [-0.1, -0.05) is 48.5 Å². The second-order valence-electron chi connectivity index (χ2n) is 11.7. The summed E-state index contributed by atoms with van der Waals surface area (Å²) in [5.74, 6) is 0. The molecule has 0 spiro atoms. The number of hydrogen-bond donors (Lipinski definition) is 0. The second kappa shape index (κ2) is 15.3. The van der Waals surface area contributed by atoms with Crippen LogP contribution in [0.2, 0.25) is 0 Å². The summed E-state index contributed by atoms with van der Waals surface area (Å²) in [5.41, 5.74) is 6.55. The van der Waals surface area contributed by atoms with Crippen molar-refractivity contribution in [1.82, 2.24) is 0 Å². The highest BCUT2D eigenvalue weighted by atomic mass is 32.2. The molecule has 0 heterocycles. The predicted octanol–water partition coefficient (Wildman–Crippen LogP) is 5.03. The van der Waals surface area contributed by atoms with Crippen molar-refractivity contribution in [2.45, 2.75) is 41.6 Å². The smallest absolute Gasteiger partial charge is 0.200 e. The minimum atomic E-state index is -4.64. The first-order valence-electron chi connectivity index (χ1n) is 15.8. The molecule has 0 N–H and O–H groups in total. The molecule has 51 heavy (non-hydrogen) atoms. The molecular weight excluding hydrogens is 713 g/mol. The van der Waals surface area contributed by atoms with Gasteiger partial charge in [0.1, 0.15) is 36.9 Å². The monoisotopic (exact) mass is 746 g/mol. The summed E-state index contributed by atoms with van der Waals surface area (Å²) >= 11 is 0. The Morgan fingerprint density at radius 3 is 1.39 bits per heavy atom. The van der Waals surface area contributed by atoms with Crippen LogP contribution in [0.25, 0.3) is 5.57 Å². The van der Waals surface area contributed by atoms with E-state index in [9.17, 15) is 38.9 Å². The summed E-state index contributed by atoms with van der Waals surface area (Å²) in [6, 6.07) is 25.2. The van der Waals surface area contributed by atoms with Crippen LogP contribution in [0.4, 0.5) is 5.69 Å². The molecule has 0 amide bonds. The molecule has 0 saturated heterocycles. The largest absolute Gasteiger partial charge is 0.744 e. The van der Waals surface area contributed by atoms with Crippen LogP contribution in [0, 0.1) is 0 Å². The summed E-state index contributed by atoms with van der Waals surface area (Å²) in [6.07, 6.45) is 7.78.